The van der Waals surface area contributed by atoms with E-state index in [0.29, 0.717) is 24.3 Å². The van der Waals surface area contributed by atoms with Gasteiger partial charge in [0.05, 0.1) is 0 Å². The molecule has 114 valence electrons. The second-order valence-electron chi connectivity index (χ2n) is 5.24. The maximum Gasteiger partial charge on any atom is 0.329 e. The summed E-state index contributed by atoms with van der Waals surface area (Å²) in [7, 11) is 0. The first-order valence-corrected chi connectivity index (χ1v) is 7.89. The smallest absolute Gasteiger partial charge is 0.329 e. The minimum atomic E-state index is -1.25. The molecule has 1 aromatic carbocycles. The number of hydrogen-bond acceptors (Lipinski definition) is 4. The van der Waals surface area contributed by atoms with Crippen molar-refractivity contribution in [1.82, 2.24) is 5.32 Å². The van der Waals surface area contributed by atoms with Gasteiger partial charge in [0.1, 0.15) is 11.3 Å². The van der Waals surface area contributed by atoms with E-state index >= 15 is 0 Å². The maximum atomic E-state index is 12.3. The van der Waals surface area contributed by atoms with Crippen LogP contribution in [0.25, 0.3) is 0 Å². The molecule has 2 atom stereocenters. The quantitative estimate of drug-likeness (QED) is 0.873. The average Bonchev–Trinajstić information content (AvgIpc) is 2.46. The summed E-state index contributed by atoms with van der Waals surface area (Å²) >= 11 is 1.54. The third-order valence-electron chi connectivity index (χ3n) is 3.42. The molecule has 2 rings (SSSR count). The summed E-state index contributed by atoms with van der Waals surface area (Å²) in [4.78, 5) is 24.7. The Balaban J connectivity index is 2.06. The summed E-state index contributed by atoms with van der Waals surface area (Å²) in [6.07, 6.45) is 0.386. The fourth-order valence-electron chi connectivity index (χ4n) is 2.22. The SMILES string of the molecule is CCCC(C)(NC(=O)C1CSc2ccccc2O1)C(=O)O. The average molecular weight is 309 g/mol. The van der Waals surface area contributed by atoms with Gasteiger partial charge in [-0.3, -0.25) is 4.79 Å². The number of nitrogens with one attached hydrogen (secondary N) is 1. The number of thioether (sulfide) groups is 1. The molecule has 1 aliphatic heterocycles. The summed E-state index contributed by atoms with van der Waals surface area (Å²) < 4.78 is 5.67. The van der Waals surface area contributed by atoms with E-state index in [2.05, 4.69) is 5.32 Å². The zero-order chi connectivity index (χ0) is 15.5. The first kappa shape index (κ1) is 15.7. The van der Waals surface area contributed by atoms with Crippen LogP contribution in [-0.2, 0) is 9.59 Å². The Morgan fingerprint density at radius 1 is 1.48 bits per heavy atom. The summed E-state index contributed by atoms with van der Waals surface area (Å²) in [5, 5.41) is 11.9. The van der Waals surface area contributed by atoms with Crippen LogP contribution in [0.15, 0.2) is 29.2 Å². The van der Waals surface area contributed by atoms with Crippen LogP contribution in [0.2, 0.25) is 0 Å². The Hall–Kier alpha value is -1.69. The van der Waals surface area contributed by atoms with Crippen LogP contribution in [0.5, 0.6) is 5.75 Å². The highest BCUT2D eigenvalue weighted by Gasteiger charge is 2.37. The number of ether oxygens (including phenoxy) is 1. The molecule has 0 spiro atoms. The second kappa shape index (κ2) is 6.39. The van der Waals surface area contributed by atoms with Crippen LogP contribution in [0.3, 0.4) is 0 Å². The lowest BCUT2D eigenvalue weighted by atomic mass is 9.96. The van der Waals surface area contributed by atoms with E-state index in [9.17, 15) is 14.7 Å². The van der Waals surface area contributed by atoms with Crippen molar-refractivity contribution in [2.45, 2.75) is 43.2 Å². The van der Waals surface area contributed by atoms with Crippen molar-refractivity contribution in [3.8, 4) is 5.75 Å². The van der Waals surface area contributed by atoms with Gasteiger partial charge in [0, 0.05) is 10.6 Å². The molecule has 0 radical (unpaired) electrons. The lowest BCUT2D eigenvalue weighted by molar-refractivity contribution is -0.148. The number of carboxylic acid groups (broad SMARTS) is 1. The molecule has 1 aliphatic rings. The Bertz CT molecular complexity index is 548. The molecule has 0 fully saturated rings. The molecule has 0 aliphatic carbocycles. The highest BCUT2D eigenvalue weighted by molar-refractivity contribution is 7.99. The van der Waals surface area contributed by atoms with E-state index in [4.69, 9.17) is 4.74 Å². The summed E-state index contributed by atoms with van der Waals surface area (Å²) in [6, 6.07) is 7.51. The van der Waals surface area contributed by atoms with Gasteiger partial charge in [0.25, 0.3) is 5.91 Å². The maximum absolute atomic E-state index is 12.3. The predicted octanol–water partition coefficient (Wildman–Crippen LogP) is 2.30. The number of amides is 1. The third-order valence-corrected chi connectivity index (χ3v) is 4.54. The lowest BCUT2D eigenvalue weighted by Crippen LogP contribution is -2.56. The molecule has 0 aromatic heterocycles. The van der Waals surface area contributed by atoms with Crippen molar-refractivity contribution in [3.05, 3.63) is 24.3 Å². The molecule has 21 heavy (non-hydrogen) atoms. The highest BCUT2D eigenvalue weighted by Crippen LogP contribution is 2.35. The number of para-hydroxylation sites is 1. The van der Waals surface area contributed by atoms with Gasteiger partial charge >= 0.3 is 5.97 Å². The summed E-state index contributed by atoms with van der Waals surface area (Å²) in [5.74, 6) is -0.261. The molecule has 1 amide bonds. The van der Waals surface area contributed by atoms with Crippen molar-refractivity contribution in [3.63, 3.8) is 0 Å². The van der Waals surface area contributed by atoms with Gasteiger partial charge < -0.3 is 15.2 Å². The van der Waals surface area contributed by atoms with Gasteiger partial charge in [-0.1, -0.05) is 25.5 Å². The van der Waals surface area contributed by atoms with Gasteiger partial charge in [-0.15, -0.1) is 11.8 Å². The number of benzene rings is 1. The van der Waals surface area contributed by atoms with Crippen molar-refractivity contribution in [1.29, 1.82) is 0 Å². The monoisotopic (exact) mass is 309 g/mol. The number of rotatable bonds is 5. The first-order valence-electron chi connectivity index (χ1n) is 6.90. The van der Waals surface area contributed by atoms with E-state index in [0.717, 1.165) is 4.90 Å². The number of hydrogen-bond donors (Lipinski definition) is 2. The van der Waals surface area contributed by atoms with Crippen LogP contribution in [0, 0.1) is 0 Å². The Labute approximate surface area is 128 Å². The van der Waals surface area contributed by atoms with Crippen molar-refractivity contribution in [2.75, 3.05) is 5.75 Å². The number of fused-ring (bicyclic) bond motifs is 1. The molecule has 1 aromatic rings. The normalized spacial score (nSPS) is 19.8. The van der Waals surface area contributed by atoms with E-state index in [1.807, 2.05) is 31.2 Å². The summed E-state index contributed by atoms with van der Waals surface area (Å²) in [5.41, 5.74) is -1.25. The number of carbonyl (C=O) groups is 2. The predicted molar refractivity (Wildman–Crippen MR) is 80.7 cm³/mol. The second-order valence-corrected chi connectivity index (χ2v) is 6.30. The van der Waals surface area contributed by atoms with E-state index in [-0.39, 0.29) is 5.91 Å². The minimum Gasteiger partial charge on any atom is -0.480 e. The number of carboxylic acids is 1. The van der Waals surface area contributed by atoms with Gasteiger partial charge in [-0.2, -0.15) is 0 Å². The fourth-order valence-corrected chi connectivity index (χ4v) is 3.21. The van der Waals surface area contributed by atoms with E-state index in [1.165, 1.54) is 18.7 Å². The topological polar surface area (TPSA) is 75.6 Å². The van der Waals surface area contributed by atoms with Crippen molar-refractivity contribution < 1.29 is 19.4 Å². The van der Waals surface area contributed by atoms with Gasteiger partial charge in [0.15, 0.2) is 6.10 Å². The highest BCUT2D eigenvalue weighted by atomic mass is 32.2. The largest absolute Gasteiger partial charge is 0.480 e. The Morgan fingerprint density at radius 2 is 2.19 bits per heavy atom. The first-order chi connectivity index (χ1) is 9.96. The third kappa shape index (κ3) is 3.50. The molecule has 0 saturated carbocycles. The molecule has 0 saturated heterocycles. The molecule has 6 heteroatoms. The molecule has 5 nitrogen and oxygen atoms in total. The molecule has 2 unspecified atom stereocenters. The molecular weight excluding hydrogens is 290 g/mol. The van der Waals surface area contributed by atoms with Gasteiger partial charge in [0.2, 0.25) is 0 Å². The Morgan fingerprint density at radius 3 is 2.86 bits per heavy atom. The van der Waals surface area contributed by atoms with E-state index in [1.54, 1.807) is 0 Å². The zero-order valence-corrected chi connectivity index (χ0v) is 12.9. The molecule has 0 bridgehead atoms. The zero-order valence-electron chi connectivity index (χ0n) is 12.1. The van der Waals surface area contributed by atoms with E-state index < -0.39 is 17.6 Å². The standard InChI is InChI=1S/C15H19NO4S/c1-3-8-15(2,14(18)19)16-13(17)11-9-21-12-7-5-4-6-10(12)20-11/h4-7,11H,3,8-9H2,1-2H3,(H,16,17)(H,18,19). The molecular formula is C15H19NO4S. The van der Waals surface area contributed by atoms with Gasteiger partial charge in [-0.25, -0.2) is 4.79 Å². The number of carbonyl (C=O) groups excluding carboxylic acids is 1. The summed E-state index contributed by atoms with van der Waals surface area (Å²) in [6.45, 7) is 3.41. The fraction of sp³-hybridized carbons (Fsp3) is 0.467. The van der Waals surface area contributed by atoms with Crippen LogP contribution >= 0.6 is 11.8 Å². The Kier molecular flexibility index (Phi) is 4.77. The lowest BCUT2D eigenvalue weighted by Gasteiger charge is -2.30. The van der Waals surface area contributed by atoms with Crippen molar-refractivity contribution in [2.24, 2.45) is 0 Å². The van der Waals surface area contributed by atoms with Crippen molar-refractivity contribution >= 4 is 23.6 Å². The van der Waals surface area contributed by atoms with Gasteiger partial charge in [-0.05, 0) is 25.5 Å². The minimum absolute atomic E-state index is 0.379. The molecule has 2 N–H and O–H groups in total. The number of aliphatic carboxylic acids is 1. The van der Waals surface area contributed by atoms with Crippen LogP contribution in [0.4, 0.5) is 0 Å². The molecule has 1 heterocycles. The van der Waals surface area contributed by atoms with Crippen LogP contribution in [0.1, 0.15) is 26.7 Å². The van der Waals surface area contributed by atoms with Crippen LogP contribution in [-0.4, -0.2) is 34.4 Å². The van der Waals surface area contributed by atoms with Crippen LogP contribution < -0.4 is 10.1 Å².